The van der Waals surface area contributed by atoms with E-state index in [1.54, 1.807) is 31.2 Å². The quantitative estimate of drug-likeness (QED) is 0.170. The lowest BCUT2D eigenvalue weighted by Gasteiger charge is -2.15. The lowest BCUT2D eigenvalue weighted by Crippen LogP contribution is -2.16. The summed E-state index contributed by atoms with van der Waals surface area (Å²) in [4.78, 5) is 39.5. The van der Waals surface area contributed by atoms with E-state index < -0.39 is 17.6 Å². The lowest BCUT2D eigenvalue weighted by molar-refractivity contribution is 0.0470. The van der Waals surface area contributed by atoms with Gasteiger partial charge in [0.2, 0.25) is 0 Å². The Morgan fingerprint density at radius 2 is 1.28 bits per heavy atom. The summed E-state index contributed by atoms with van der Waals surface area (Å²) in [7, 11) is 0. The standard InChI is InChI=1S/C30H22O6/c1-19-23(28(31)34-17-20-10-4-2-5-11-20)16-24-27(22-14-8-9-15-25(22)36-29(24)32)26(19)30(33)35-18-21-12-6-3-7-13-21/h2-16H,17-18H2,1H3. The SMILES string of the molecule is Cc1c(C(=O)OCc2ccccc2)cc2c(=O)oc3ccccc3c2c1C(=O)OCc1ccccc1. The Hall–Kier alpha value is -4.71. The van der Waals surface area contributed by atoms with Crippen LogP contribution < -0.4 is 5.63 Å². The molecule has 0 saturated heterocycles. The number of hydrogen-bond acceptors (Lipinski definition) is 6. The maximum atomic E-state index is 13.5. The average Bonchev–Trinajstić information content (AvgIpc) is 2.91. The first-order valence-corrected chi connectivity index (χ1v) is 11.4. The smallest absolute Gasteiger partial charge is 0.344 e. The molecular formula is C30H22O6. The number of para-hydroxylation sites is 1. The summed E-state index contributed by atoms with van der Waals surface area (Å²) in [5.41, 5.74) is 1.93. The summed E-state index contributed by atoms with van der Waals surface area (Å²) < 4.78 is 16.6. The second kappa shape index (κ2) is 9.88. The van der Waals surface area contributed by atoms with Crippen molar-refractivity contribution in [3.63, 3.8) is 0 Å². The van der Waals surface area contributed by atoms with Gasteiger partial charge in [-0.05, 0) is 35.7 Å². The minimum absolute atomic E-state index is 0.0443. The van der Waals surface area contributed by atoms with Crippen molar-refractivity contribution in [2.24, 2.45) is 0 Å². The van der Waals surface area contributed by atoms with Crippen LogP contribution in [0.15, 0.2) is 100 Å². The van der Waals surface area contributed by atoms with E-state index in [1.165, 1.54) is 6.07 Å². The number of esters is 2. The van der Waals surface area contributed by atoms with Gasteiger partial charge in [-0.15, -0.1) is 0 Å². The number of rotatable bonds is 6. The summed E-state index contributed by atoms with van der Waals surface area (Å²) in [6.45, 7) is 1.75. The molecule has 6 heteroatoms. The first kappa shape index (κ1) is 23.1. The Labute approximate surface area is 206 Å². The molecule has 1 heterocycles. The van der Waals surface area contributed by atoms with Gasteiger partial charge in [0.15, 0.2) is 0 Å². The molecule has 0 atom stereocenters. The van der Waals surface area contributed by atoms with Crippen molar-refractivity contribution in [3.8, 4) is 0 Å². The van der Waals surface area contributed by atoms with Crippen LogP contribution in [-0.4, -0.2) is 11.9 Å². The molecule has 0 aliphatic heterocycles. The lowest BCUT2D eigenvalue weighted by atomic mass is 9.93. The maximum absolute atomic E-state index is 13.5. The Balaban J connectivity index is 1.62. The number of fused-ring (bicyclic) bond motifs is 3. The van der Waals surface area contributed by atoms with Crippen LogP contribution in [0.2, 0.25) is 0 Å². The third-order valence-electron chi connectivity index (χ3n) is 6.02. The largest absolute Gasteiger partial charge is 0.457 e. The van der Waals surface area contributed by atoms with Gasteiger partial charge in [-0.3, -0.25) is 0 Å². The van der Waals surface area contributed by atoms with Crippen LogP contribution >= 0.6 is 0 Å². The van der Waals surface area contributed by atoms with Gasteiger partial charge >= 0.3 is 17.6 Å². The van der Waals surface area contributed by atoms with Gasteiger partial charge in [0.1, 0.15) is 18.8 Å². The Kier molecular flexibility index (Phi) is 6.33. The zero-order chi connectivity index (χ0) is 25.1. The zero-order valence-electron chi connectivity index (χ0n) is 19.5. The van der Waals surface area contributed by atoms with E-state index in [4.69, 9.17) is 13.9 Å². The molecule has 0 aliphatic rings. The Morgan fingerprint density at radius 3 is 1.92 bits per heavy atom. The van der Waals surface area contributed by atoms with E-state index in [1.807, 2.05) is 60.7 Å². The van der Waals surface area contributed by atoms with Gasteiger partial charge in [0.25, 0.3) is 0 Å². The molecule has 36 heavy (non-hydrogen) atoms. The number of hydrogen-bond donors (Lipinski definition) is 0. The first-order valence-electron chi connectivity index (χ1n) is 11.4. The summed E-state index contributed by atoms with van der Waals surface area (Å²) in [6, 6.07) is 26.9. The fourth-order valence-corrected chi connectivity index (χ4v) is 4.20. The zero-order valence-corrected chi connectivity index (χ0v) is 19.5. The second-order valence-corrected chi connectivity index (χ2v) is 8.36. The fraction of sp³-hybridized carbons (Fsp3) is 0.100. The van der Waals surface area contributed by atoms with E-state index in [2.05, 4.69) is 0 Å². The minimum Gasteiger partial charge on any atom is -0.457 e. The highest BCUT2D eigenvalue weighted by Crippen LogP contribution is 2.31. The molecule has 0 amide bonds. The summed E-state index contributed by atoms with van der Waals surface area (Å²) in [6.07, 6.45) is 0. The van der Waals surface area contributed by atoms with Crippen LogP contribution in [0.5, 0.6) is 0 Å². The molecule has 0 bridgehead atoms. The normalized spacial score (nSPS) is 10.9. The minimum atomic E-state index is -0.655. The Morgan fingerprint density at radius 1 is 0.722 bits per heavy atom. The van der Waals surface area contributed by atoms with E-state index in [0.29, 0.717) is 21.9 Å². The maximum Gasteiger partial charge on any atom is 0.344 e. The van der Waals surface area contributed by atoms with E-state index in [-0.39, 0.29) is 29.7 Å². The van der Waals surface area contributed by atoms with Crippen LogP contribution in [0.25, 0.3) is 21.7 Å². The van der Waals surface area contributed by atoms with Crippen molar-refractivity contribution in [2.75, 3.05) is 0 Å². The van der Waals surface area contributed by atoms with Gasteiger partial charge in [0.05, 0.1) is 16.5 Å². The van der Waals surface area contributed by atoms with Crippen molar-refractivity contribution in [1.29, 1.82) is 0 Å². The van der Waals surface area contributed by atoms with Crippen molar-refractivity contribution in [1.82, 2.24) is 0 Å². The second-order valence-electron chi connectivity index (χ2n) is 8.36. The van der Waals surface area contributed by atoms with E-state index in [0.717, 1.165) is 11.1 Å². The van der Waals surface area contributed by atoms with Gasteiger partial charge in [-0.25, -0.2) is 14.4 Å². The molecule has 5 rings (SSSR count). The molecular weight excluding hydrogens is 456 g/mol. The molecule has 178 valence electrons. The topological polar surface area (TPSA) is 82.8 Å². The molecule has 0 aliphatic carbocycles. The Bertz CT molecular complexity index is 1640. The predicted octanol–water partition coefficient (Wildman–Crippen LogP) is 5.97. The highest BCUT2D eigenvalue weighted by atomic mass is 16.5. The van der Waals surface area contributed by atoms with E-state index in [9.17, 15) is 14.4 Å². The highest BCUT2D eigenvalue weighted by Gasteiger charge is 2.25. The van der Waals surface area contributed by atoms with Gasteiger partial charge < -0.3 is 13.9 Å². The third-order valence-corrected chi connectivity index (χ3v) is 6.02. The number of carbonyl (C=O) groups is 2. The fourth-order valence-electron chi connectivity index (χ4n) is 4.20. The van der Waals surface area contributed by atoms with Crippen molar-refractivity contribution >= 4 is 33.7 Å². The van der Waals surface area contributed by atoms with Crippen LogP contribution in [0, 0.1) is 6.92 Å². The first-order chi connectivity index (χ1) is 17.5. The summed E-state index contributed by atoms with van der Waals surface area (Å²) >= 11 is 0. The van der Waals surface area contributed by atoms with Crippen molar-refractivity contribution in [2.45, 2.75) is 20.1 Å². The summed E-state index contributed by atoms with van der Waals surface area (Å²) in [5, 5.41) is 1.07. The van der Waals surface area contributed by atoms with Crippen molar-refractivity contribution < 1.29 is 23.5 Å². The molecule has 6 nitrogen and oxygen atoms in total. The molecule has 0 saturated carbocycles. The summed E-state index contributed by atoms with van der Waals surface area (Å²) in [5.74, 6) is -1.29. The van der Waals surface area contributed by atoms with Crippen LogP contribution in [0.1, 0.15) is 37.4 Å². The predicted molar refractivity (Wildman–Crippen MR) is 136 cm³/mol. The number of benzene rings is 4. The molecule has 1 aromatic heterocycles. The van der Waals surface area contributed by atoms with Gasteiger partial charge in [0, 0.05) is 10.8 Å². The molecule has 0 unspecified atom stereocenters. The molecule has 0 fully saturated rings. The van der Waals surface area contributed by atoms with Crippen LogP contribution in [0.3, 0.4) is 0 Å². The van der Waals surface area contributed by atoms with Gasteiger partial charge in [-0.2, -0.15) is 0 Å². The molecule has 0 spiro atoms. The molecule has 4 aromatic carbocycles. The van der Waals surface area contributed by atoms with Crippen molar-refractivity contribution in [3.05, 3.63) is 129 Å². The van der Waals surface area contributed by atoms with Gasteiger partial charge in [-0.1, -0.05) is 78.9 Å². The monoisotopic (exact) mass is 478 g/mol. The molecule has 0 N–H and O–H groups in total. The van der Waals surface area contributed by atoms with Crippen LogP contribution in [0.4, 0.5) is 0 Å². The van der Waals surface area contributed by atoms with Crippen LogP contribution in [-0.2, 0) is 22.7 Å². The number of carbonyl (C=O) groups excluding carboxylic acids is 2. The molecule has 5 aromatic rings. The highest BCUT2D eigenvalue weighted by molar-refractivity contribution is 6.17. The average molecular weight is 479 g/mol. The third kappa shape index (κ3) is 4.49. The molecule has 0 radical (unpaired) electrons. The van der Waals surface area contributed by atoms with E-state index >= 15 is 0 Å². The number of ether oxygens (including phenoxy) is 2.